The number of carboxylic acid groups (broad SMARTS) is 1. The quantitative estimate of drug-likeness (QED) is 0.423. The fraction of sp³-hybridized carbons (Fsp3) is 0.286. The van der Waals surface area contributed by atoms with Crippen molar-refractivity contribution >= 4 is 34.5 Å². The second-order valence-electron chi connectivity index (χ2n) is 6.56. The van der Waals surface area contributed by atoms with Crippen LogP contribution in [-0.4, -0.2) is 39.3 Å². The largest absolute Gasteiger partial charge is 0.481 e. The van der Waals surface area contributed by atoms with Crippen molar-refractivity contribution in [3.8, 4) is 10.7 Å². The van der Waals surface area contributed by atoms with Crippen LogP contribution in [0.1, 0.15) is 23.7 Å². The molecule has 0 aliphatic heterocycles. The third-order valence-electron chi connectivity index (χ3n) is 4.40. The number of thiophene rings is 1. The van der Waals surface area contributed by atoms with Gasteiger partial charge < -0.3 is 20.8 Å². The van der Waals surface area contributed by atoms with Crippen LogP contribution in [0.5, 0.6) is 0 Å². The van der Waals surface area contributed by atoms with Crippen molar-refractivity contribution in [2.45, 2.75) is 26.7 Å². The molecule has 1 aromatic carbocycles. The number of hydrogen-bond acceptors (Lipinski definition) is 7. The van der Waals surface area contributed by atoms with Gasteiger partial charge in [-0.1, -0.05) is 19.1 Å². The molecule has 8 heteroatoms. The summed E-state index contributed by atoms with van der Waals surface area (Å²) in [6.45, 7) is 4.61. The second kappa shape index (κ2) is 9.49. The fourth-order valence-corrected chi connectivity index (χ4v) is 3.79. The van der Waals surface area contributed by atoms with Gasteiger partial charge in [0, 0.05) is 34.6 Å². The van der Waals surface area contributed by atoms with Crippen LogP contribution in [0, 0.1) is 6.92 Å². The van der Waals surface area contributed by atoms with E-state index in [2.05, 4.69) is 22.5 Å². The van der Waals surface area contributed by atoms with Gasteiger partial charge in [-0.05, 0) is 37.1 Å². The molecule has 0 aliphatic rings. The third kappa shape index (κ3) is 5.30. The first-order valence-corrected chi connectivity index (χ1v) is 10.3. The molecule has 4 N–H and O–H groups in total. The predicted octanol–water partition coefficient (Wildman–Crippen LogP) is 3.85. The van der Waals surface area contributed by atoms with Gasteiger partial charge in [-0.3, -0.25) is 4.79 Å². The average molecular weight is 413 g/mol. The predicted molar refractivity (Wildman–Crippen MR) is 116 cm³/mol. The molecule has 2 aromatic heterocycles. The second-order valence-corrected chi connectivity index (χ2v) is 7.47. The zero-order valence-corrected chi connectivity index (χ0v) is 17.2. The maximum absolute atomic E-state index is 10.8. The van der Waals surface area contributed by atoms with E-state index in [1.165, 1.54) is 0 Å². The van der Waals surface area contributed by atoms with Gasteiger partial charge in [-0.2, -0.15) is 0 Å². The number of aliphatic hydroxyl groups is 1. The summed E-state index contributed by atoms with van der Waals surface area (Å²) < 4.78 is 0. The monoisotopic (exact) mass is 412 g/mol. The minimum Gasteiger partial charge on any atom is -0.481 e. The maximum atomic E-state index is 10.8. The molecule has 0 amide bonds. The number of benzene rings is 1. The van der Waals surface area contributed by atoms with E-state index in [9.17, 15) is 4.79 Å². The molecule has 0 saturated carbocycles. The number of hydrogen-bond donors (Lipinski definition) is 4. The molecule has 3 aromatic rings. The first-order valence-electron chi connectivity index (χ1n) is 9.39. The molecular weight excluding hydrogens is 388 g/mol. The van der Waals surface area contributed by atoms with Crippen LogP contribution in [0.3, 0.4) is 0 Å². The van der Waals surface area contributed by atoms with Crippen LogP contribution < -0.4 is 10.6 Å². The maximum Gasteiger partial charge on any atom is 0.307 e. The van der Waals surface area contributed by atoms with E-state index >= 15 is 0 Å². The van der Waals surface area contributed by atoms with Crippen molar-refractivity contribution in [2.24, 2.45) is 0 Å². The molecule has 0 radical (unpaired) electrons. The van der Waals surface area contributed by atoms with E-state index in [-0.39, 0.29) is 13.0 Å². The van der Waals surface area contributed by atoms with E-state index in [0.717, 1.165) is 45.3 Å². The van der Waals surface area contributed by atoms with Crippen molar-refractivity contribution in [3.63, 3.8) is 0 Å². The number of carboxylic acids is 1. The van der Waals surface area contributed by atoms with Gasteiger partial charge in [0.05, 0.1) is 17.9 Å². The van der Waals surface area contributed by atoms with E-state index in [1.807, 2.05) is 30.5 Å². The molecule has 0 aliphatic carbocycles. The van der Waals surface area contributed by atoms with Crippen LogP contribution in [-0.2, 0) is 17.6 Å². The molecule has 2 heterocycles. The van der Waals surface area contributed by atoms with Crippen molar-refractivity contribution in [3.05, 3.63) is 52.5 Å². The highest BCUT2D eigenvalue weighted by Gasteiger charge is 2.14. The Hall–Kier alpha value is -2.97. The molecule has 3 rings (SSSR count). The van der Waals surface area contributed by atoms with Gasteiger partial charge in [0.2, 0.25) is 0 Å². The lowest BCUT2D eigenvalue weighted by Gasteiger charge is -2.14. The summed E-state index contributed by atoms with van der Waals surface area (Å²) in [6.07, 6.45) is 0.793. The third-order valence-corrected chi connectivity index (χ3v) is 5.33. The Bertz CT molecular complexity index is 986. The summed E-state index contributed by atoms with van der Waals surface area (Å²) in [4.78, 5) is 21.2. The Balaban J connectivity index is 1.87. The Morgan fingerprint density at radius 1 is 1.17 bits per heavy atom. The van der Waals surface area contributed by atoms with E-state index in [1.54, 1.807) is 23.5 Å². The fourth-order valence-electron chi connectivity index (χ4n) is 3.00. The molecule has 29 heavy (non-hydrogen) atoms. The number of aromatic nitrogens is 2. The van der Waals surface area contributed by atoms with Crippen LogP contribution in [0.2, 0.25) is 0 Å². The summed E-state index contributed by atoms with van der Waals surface area (Å²) in [5, 5.41) is 26.3. The number of nitrogens with one attached hydrogen (secondary N) is 2. The van der Waals surface area contributed by atoms with Gasteiger partial charge in [-0.25, -0.2) is 9.97 Å². The molecule has 0 bridgehead atoms. The Morgan fingerprint density at radius 3 is 2.59 bits per heavy atom. The number of aliphatic hydroxyl groups excluding tert-OH is 1. The number of carbonyl (C=O) groups is 1. The molecule has 152 valence electrons. The average Bonchev–Trinajstić information content (AvgIpc) is 3.16. The highest BCUT2D eigenvalue weighted by molar-refractivity contribution is 7.14. The van der Waals surface area contributed by atoms with Gasteiger partial charge in [0.25, 0.3) is 0 Å². The number of aryl methyl sites for hydroxylation is 1. The molecule has 0 fully saturated rings. The lowest BCUT2D eigenvalue weighted by molar-refractivity contribution is -0.136. The van der Waals surface area contributed by atoms with Crippen LogP contribution >= 0.6 is 11.3 Å². The topological polar surface area (TPSA) is 107 Å². The number of nitrogens with zero attached hydrogens (tertiary/aromatic N) is 2. The van der Waals surface area contributed by atoms with Gasteiger partial charge in [0.1, 0.15) is 5.82 Å². The molecular formula is C21H24N4O3S. The smallest absolute Gasteiger partial charge is 0.307 e. The van der Waals surface area contributed by atoms with Crippen LogP contribution in [0.15, 0.2) is 35.7 Å². The molecule has 7 nitrogen and oxygen atoms in total. The highest BCUT2D eigenvalue weighted by atomic mass is 32.1. The number of aliphatic carboxylic acids is 1. The molecule has 0 atom stereocenters. The van der Waals surface area contributed by atoms with Gasteiger partial charge in [-0.15, -0.1) is 11.3 Å². The normalized spacial score (nSPS) is 10.7. The van der Waals surface area contributed by atoms with E-state index < -0.39 is 5.97 Å². The Kier molecular flexibility index (Phi) is 6.79. The van der Waals surface area contributed by atoms with Crippen molar-refractivity contribution in [1.29, 1.82) is 0 Å². The number of anilines is 3. The lowest BCUT2D eigenvalue weighted by atomic mass is 10.1. The van der Waals surface area contributed by atoms with Gasteiger partial charge in [0.15, 0.2) is 5.82 Å². The molecule has 0 unspecified atom stereocenters. The zero-order chi connectivity index (χ0) is 20.8. The summed E-state index contributed by atoms with van der Waals surface area (Å²) in [5.41, 5.74) is 4.48. The highest BCUT2D eigenvalue weighted by Crippen LogP contribution is 2.31. The zero-order valence-electron chi connectivity index (χ0n) is 16.4. The number of rotatable bonds is 9. The summed E-state index contributed by atoms with van der Waals surface area (Å²) >= 11 is 1.55. The summed E-state index contributed by atoms with van der Waals surface area (Å²) in [5.74, 6) is 0.546. The van der Waals surface area contributed by atoms with Crippen molar-refractivity contribution < 1.29 is 15.0 Å². The first kappa shape index (κ1) is 20.8. The minimum atomic E-state index is -0.848. The lowest BCUT2D eigenvalue weighted by Crippen LogP contribution is -2.05. The SMILES string of the molecule is CCc1c(C)nc(-c2cc(NCCO)cs2)nc1Nc1ccc(CC(=O)O)cc1. The summed E-state index contributed by atoms with van der Waals surface area (Å²) in [7, 11) is 0. The minimum absolute atomic E-state index is 0.00226. The summed E-state index contributed by atoms with van der Waals surface area (Å²) in [6, 6.07) is 9.30. The van der Waals surface area contributed by atoms with E-state index in [0.29, 0.717) is 12.4 Å². The molecule has 0 spiro atoms. The van der Waals surface area contributed by atoms with Crippen molar-refractivity contribution in [1.82, 2.24) is 9.97 Å². The van der Waals surface area contributed by atoms with Gasteiger partial charge >= 0.3 is 5.97 Å². The van der Waals surface area contributed by atoms with Crippen molar-refractivity contribution in [2.75, 3.05) is 23.8 Å². The first-order chi connectivity index (χ1) is 14.0. The van der Waals surface area contributed by atoms with E-state index in [4.69, 9.17) is 15.2 Å². The van der Waals surface area contributed by atoms with Crippen LogP contribution in [0.4, 0.5) is 17.2 Å². The Morgan fingerprint density at radius 2 is 1.93 bits per heavy atom. The standard InChI is InChI=1S/C21H24N4O3S/c1-3-17-13(2)23-21(18-11-16(12-29-18)22-8-9-26)25-20(17)24-15-6-4-14(5-7-15)10-19(27)28/h4-7,11-12,22,26H,3,8-10H2,1-2H3,(H,27,28)(H,23,24,25). The Labute approximate surface area is 173 Å². The van der Waals surface area contributed by atoms with Crippen LogP contribution in [0.25, 0.3) is 10.7 Å². The molecule has 0 saturated heterocycles.